The van der Waals surface area contributed by atoms with Gasteiger partial charge in [-0.1, -0.05) is 0 Å². The van der Waals surface area contributed by atoms with Gasteiger partial charge in [-0.25, -0.2) is 9.78 Å². The van der Waals surface area contributed by atoms with Crippen molar-refractivity contribution < 1.29 is 14.6 Å². The van der Waals surface area contributed by atoms with Crippen LogP contribution in [0, 0.1) is 6.92 Å². The van der Waals surface area contributed by atoms with Crippen molar-refractivity contribution in [1.29, 1.82) is 0 Å². The smallest absolute Gasteiger partial charge is 0.328 e. The van der Waals surface area contributed by atoms with Crippen LogP contribution in [0.4, 0.5) is 5.82 Å². The summed E-state index contributed by atoms with van der Waals surface area (Å²) in [5.41, 5.74) is 1.79. The third-order valence-electron chi connectivity index (χ3n) is 2.63. The molecule has 1 aromatic heterocycles. The zero-order valence-corrected chi connectivity index (χ0v) is 11.6. The molecule has 0 bridgehead atoms. The summed E-state index contributed by atoms with van der Waals surface area (Å²) in [5.74, 6) is -0.0808. The summed E-state index contributed by atoms with van der Waals surface area (Å²) in [4.78, 5) is 16.8. The van der Waals surface area contributed by atoms with E-state index in [0.717, 1.165) is 29.6 Å². The molecule has 1 N–H and O–H groups in total. The summed E-state index contributed by atoms with van der Waals surface area (Å²) in [5, 5.41) is 8.58. The largest absolute Gasteiger partial charge is 0.478 e. The molecule has 1 aromatic rings. The highest BCUT2D eigenvalue weighted by molar-refractivity contribution is 5.85. The highest BCUT2D eigenvalue weighted by Crippen LogP contribution is 2.17. The lowest BCUT2D eigenvalue weighted by molar-refractivity contribution is -0.131. The molecule has 0 saturated carbocycles. The molecule has 0 aromatic carbocycles. The van der Waals surface area contributed by atoms with Gasteiger partial charge in [0.15, 0.2) is 0 Å². The van der Waals surface area contributed by atoms with Crippen LogP contribution in [0.3, 0.4) is 0 Å². The molecule has 0 amide bonds. The van der Waals surface area contributed by atoms with E-state index in [-0.39, 0.29) is 0 Å². The number of carboxylic acids is 1. The second-order valence-corrected chi connectivity index (χ2v) is 4.20. The van der Waals surface area contributed by atoms with Crippen LogP contribution in [-0.4, -0.2) is 42.9 Å². The zero-order chi connectivity index (χ0) is 14.3. The lowest BCUT2D eigenvalue weighted by Crippen LogP contribution is -2.24. The van der Waals surface area contributed by atoms with Crippen molar-refractivity contribution in [3.63, 3.8) is 0 Å². The van der Waals surface area contributed by atoms with Crippen LogP contribution in [0.1, 0.15) is 18.1 Å². The van der Waals surface area contributed by atoms with E-state index in [1.165, 1.54) is 6.08 Å². The Hall–Kier alpha value is -1.88. The molecule has 104 valence electrons. The Morgan fingerprint density at radius 3 is 2.89 bits per heavy atom. The second-order valence-electron chi connectivity index (χ2n) is 4.20. The Balaban J connectivity index is 2.73. The number of hydrogen-bond donors (Lipinski definition) is 1. The molecule has 0 aliphatic heterocycles. The summed E-state index contributed by atoms with van der Waals surface area (Å²) in [6.45, 7) is 6.06. The Bertz CT molecular complexity index is 458. The molecule has 19 heavy (non-hydrogen) atoms. The maximum Gasteiger partial charge on any atom is 0.328 e. The van der Waals surface area contributed by atoms with Crippen molar-refractivity contribution in [1.82, 2.24) is 4.98 Å². The molecule has 5 heteroatoms. The topological polar surface area (TPSA) is 62.7 Å². The third-order valence-corrected chi connectivity index (χ3v) is 2.63. The summed E-state index contributed by atoms with van der Waals surface area (Å²) in [6, 6.07) is 1.92. The van der Waals surface area contributed by atoms with Gasteiger partial charge in [0.1, 0.15) is 5.82 Å². The molecular formula is C14H20N2O3. The first-order valence-electron chi connectivity index (χ1n) is 6.21. The summed E-state index contributed by atoms with van der Waals surface area (Å²) < 4.78 is 5.31. The number of pyridine rings is 1. The van der Waals surface area contributed by atoms with Gasteiger partial charge in [-0.15, -0.1) is 0 Å². The zero-order valence-electron chi connectivity index (χ0n) is 11.6. The lowest BCUT2D eigenvalue weighted by Gasteiger charge is -2.20. The average Bonchev–Trinajstić information content (AvgIpc) is 2.36. The number of ether oxygens (including phenoxy) is 1. The first kappa shape index (κ1) is 15.2. The molecule has 0 aliphatic rings. The maximum atomic E-state index is 10.5. The number of carbonyl (C=O) groups is 1. The van der Waals surface area contributed by atoms with E-state index in [4.69, 9.17) is 9.84 Å². The molecule has 0 radical (unpaired) electrons. The monoisotopic (exact) mass is 264 g/mol. The van der Waals surface area contributed by atoms with Crippen LogP contribution in [0.25, 0.3) is 6.08 Å². The van der Waals surface area contributed by atoms with Crippen molar-refractivity contribution in [3.05, 3.63) is 29.5 Å². The molecule has 0 unspecified atom stereocenters. The van der Waals surface area contributed by atoms with E-state index in [1.807, 2.05) is 31.9 Å². The first-order valence-corrected chi connectivity index (χ1v) is 6.21. The minimum absolute atomic E-state index is 0.661. The van der Waals surface area contributed by atoms with Gasteiger partial charge in [0.25, 0.3) is 0 Å². The number of nitrogens with zero attached hydrogens (tertiary/aromatic N) is 2. The SMILES string of the molecule is CCOCCN(C)c1ncc(/C=C/C(=O)O)cc1C. The number of hydrogen-bond acceptors (Lipinski definition) is 4. The number of aryl methyl sites for hydroxylation is 1. The quantitative estimate of drug-likeness (QED) is 0.602. The van der Waals surface area contributed by atoms with Gasteiger partial charge >= 0.3 is 5.97 Å². The molecule has 0 spiro atoms. The van der Waals surface area contributed by atoms with Gasteiger partial charge in [-0.3, -0.25) is 0 Å². The number of carboxylic acid groups (broad SMARTS) is 1. The Morgan fingerprint density at radius 1 is 1.58 bits per heavy atom. The van der Waals surface area contributed by atoms with Gasteiger partial charge in [-0.2, -0.15) is 0 Å². The molecule has 0 aliphatic carbocycles. The fourth-order valence-corrected chi connectivity index (χ4v) is 1.70. The van der Waals surface area contributed by atoms with Crippen molar-refractivity contribution in [2.75, 3.05) is 31.7 Å². The van der Waals surface area contributed by atoms with Gasteiger partial charge in [0.05, 0.1) is 6.61 Å². The van der Waals surface area contributed by atoms with Gasteiger partial charge in [0, 0.05) is 32.5 Å². The van der Waals surface area contributed by atoms with Crippen molar-refractivity contribution in [3.8, 4) is 0 Å². The molecule has 5 nitrogen and oxygen atoms in total. The van der Waals surface area contributed by atoms with Crippen molar-refractivity contribution in [2.24, 2.45) is 0 Å². The van der Waals surface area contributed by atoms with Crippen molar-refractivity contribution >= 4 is 17.9 Å². The van der Waals surface area contributed by atoms with Crippen LogP contribution < -0.4 is 4.90 Å². The Morgan fingerprint density at radius 2 is 2.32 bits per heavy atom. The van der Waals surface area contributed by atoms with E-state index >= 15 is 0 Å². The Labute approximate surface area is 113 Å². The van der Waals surface area contributed by atoms with E-state index in [0.29, 0.717) is 13.2 Å². The van der Waals surface area contributed by atoms with Gasteiger partial charge in [0.2, 0.25) is 0 Å². The predicted molar refractivity (Wildman–Crippen MR) is 75.4 cm³/mol. The van der Waals surface area contributed by atoms with Crippen LogP contribution in [0.15, 0.2) is 18.3 Å². The number of aromatic nitrogens is 1. The van der Waals surface area contributed by atoms with E-state index in [9.17, 15) is 4.79 Å². The number of aliphatic carboxylic acids is 1. The van der Waals surface area contributed by atoms with Crippen LogP contribution >= 0.6 is 0 Å². The van der Waals surface area contributed by atoms with Gasteiger partial charge in [-0.05, 0) is 37.1 Å². The highest BCUT2D eigenvalue weighted by Gasteiger charge is 2.06. The third kappa shape index (κ3) is 5.09. The molecule has 0 atom stereocenters. The fraction of sp³-hybridized carbons (Fsp3) is 0.429. The predicted octanol–water partition coefficient (Wildman–Crippen LogP) is 1.96. The fourth-order valence-electron chi connectivity index (χ4n) is 1.70. The number of rotatable bonds is 7. The van der Waals surface area contributed by atoms with Crippen LogP contribution in [0.2, 0.25) is 0 Å². The summed E-state index contributed by atoms with van der Waals surface area (Å²) >= 11 is 0. The van der Waals surface area contributed by atoms with Gasteiger partial charge < -0.3 is 14.7 Å². The van der Waals surface area contributed by atoms with Crippen LogP contribution in [-0.2, 0) is 9.53 Å². The first-order chi connectivity index (χ1) is 9.04. The second kappa shape index (κ2) is 7.53. The minimum Gasteiger partial charge on any atom is -0.478 e. The molecule has 1 rings (SSSR count). The highest BCUT2D eigenvalue weighted by atomic mass is 16.5. The van der Waals surface area contributed by atoms with E-state index in [2.05, 4.69) is 4.98 Å². The van der Waals surface area contributed by atoms with E-state index in [1.54, 1.807) is 6.20 Å². The minimum atomic E-state index is -0.962. The average molecular weight is 264 g/mol. The maximum absolute atomic E-state index is 10.5. The summed E-state index contributed by atoms with van der Waals surface area (Å²) in [6.07, 6.45) is 4.31. The molecule has 0 saturated heterocycles. The number of likely N-dealkylation sites (N-methyl/N-ethyl adjacent to an activating group) is 1. The Kier molecular flexibility index (Phi) is 6.02. The normalized spacial score (nSPS) is 10.9. The summed E-state index contributed by atoms with van der Waals surface area (Å²) in [7, 11) is 1.96. The molecule has 1 heterocycles. The van der Waals surface area contributed by atoms with E-state index < -0.39 is 5.97 Å². The van der Waals surface area contributed by atoms with Crippen molar-refractivity contribution in [2.45, 2.75) is 13.8 Å². The standard InChI is InChI=1S/C14H20N2O3/c1-4-19-8-7-16(3)14-11(2)9-12(10-15-14)5-6-13(17)18/h5-6,9-10H,4,7-8H2,1-3H3,(H,17,18)/b6-5+. The molecule has 0 fully saturated rings. The molecular weight excluding hydrogens is 244 g/mol. The van der Waals surface area contributed by atoms with Crippen LogP contribution in [0.5, 0.6) is 0 Å². The number of anilines is 1. The lowest BCUT2D eigenvalue weighted by atomic mass is 10.2.